The van der Waals surface area contributed by atoms with Crippen molar-refractivity contribution in [1.82, 2.24) is 15.5 Å². The molecular weight excluding hydrogens is 262 g/mol. The first-order valence-corrected chi connectivity index (χ1v) is 6.52. The molecule has 0 saturated carbocycles. The van der Waals surface area contributed by atoms with Crippen molar-refractivity contribution in [3.05, 3.63) is 52.3 Å². The van der Waals surface area contributed by atoms with Gasteiger partial charge in [0, 0.05) is 17.3 Å². The van der Waals surface area contributed by atoms with Crippen LogP contribution >= 0.6 is 11.6 Å². The summed E-state index contributed by atoms with van der Waals surface area (Å²) in [5.41, 5.74) is 2.23. The zero-order valence-electron chi connectivity index (χ0n) is 10.9. The molecule has 1 aromatic carbocycles. The standard InChI is InChI=1S/C14H16ClN3O/c1-9(2)12-7-13(18-17-12)14(19)16-8-10-5-3-4-6-11(10)15/h3-7,9H,8H2,1-2H3,(H,16,19)(H,17,18). The number of halogens is 1. The van der Waals surface area contributed by atoms with Gasteiger partial charge in [0.1, 0.15) is 5.69 Å². The first kappa shape index (κ1) is 13.6. The molecule has 0 bridgehead atoms. The van der Waals surface area contributed by atoms with E-state index in [0.29, 0.717) is 23.2 Å². The third-order valence-corrected chi connectivity index (χ3v) is 3.22. The number of benzene rings is 1. The van der Waals surface area contributed by atoms with Crippen molar-refractivity contribution < 1.29 is 4.79 Å². The van der Waals surface area contributed by atoms with Crippen LogP contribution in [0, 0.1) is 0 Å². The summed E-state index contributed by atoms with van der Waals surface area (Å²) in [5.74, 6) is 0.112. The molecular formula is C14H16ClN3O. The maximum atomic E-state index is 11.9. The van der Waals surface area contributed by atoms with Crippen LogP contribution in [-0.4, -0.2) is 16.1 Å². The first-order chi connectivity index (χ1) is 9.08. The lowest BCUT2D eigenvalue weighted by Crippen LogP contribution is -2.23. The van der Waals surface area contributed by atoms with Crippen molar-refractivity contribution in [2.24, 2.45) is 0 Å². The third-order valence-electron chi connectivity index (χ3n) is 2.85. The lowest BCUT2D eigenvalue weighted by atomic mass is 10.1. The van der Waals surface area contributed by atoms with Gasteiger partial charge < -0.3 is 5.32 Å². The van der Waals surface area contributed by atoms with Crippen LogP contribution in [0.1, 0.15) is 41.5 Å². The fraction of sp³-hybridized carbons (Fsp3) is 0.286. The quantitative estimate of drug-likeness (QED) is 0.902. The number of nitrogens with zero attached hydrogens (tertiary/aromatic N) is 1. The van der Waals surface area contributed by atoms with E-state index in [0.717, 1.165) is 11.3 Å². The van der Waals surface area contributed by atoms with E-state index in [9.17, 15) is 4.79 Å². The molecule has 2 rings (SSSR count). The molecule has 0 atom stereocenters. The Kier molecular flexibility index (Phi) is 4.22. The Balaban J connectivity index is 1.99. The second-order valence-corrected chi connectivity index (χ2v) is 5.04. The molecule has 100 valence electrons. The number of hydrogen-bond donors (Lipinski definition) is 2. The lowest BCUT2D eigenvalue weighted by molar-refractivity contribution is 0.0946. The summed E-state index contributed by atoms with van der Waals surface area (Å²) in [7, 11) is 0. The van der Waals surface area contributed by atoms with Gasteiger partial charge in [0.2, 0.25) is 0 Å². The van der Waals surface area contributed by atoms with Crippen LogP contribution in [0.4, 0.5) is 0 Å². The molecule has 1 aromatic heterocycles. The average molecular weight is 278 g/mol. The van der Waals surface area contributed by atoms with Crippen LogP contribution in [0.25, 0.3) is 0 Å². The minimum absolute atomic E-state index is 0.205. The summed E-state index contributed by atoms with van der Waals surface area (Å²) in [6.07, 6.45) is 0. The van der Waals surface area contributed by atoms with Crippen LogP contribution in [0.15, 0.2) is 30.3 Å². The summed E-state index contributed by atoms with van der Waals surface area (Å²) in [6, 6.07) is 9.20. The molecule has 0 aliphatic carbocycles. The van der Waals surface area contributed by atoms with Gasteiger partial charge >= 0.3 is 0 Å². The normalized spacial score (nSPS) is 10.7. The Morgan fingerprint density at radius 2 is 2.16 bits per heavy atom. The zero-order valence-corrected chi connectivity index (χ0v) is 11.7. The van der Waals surface area contributed by atoms with E-state index in [-0.39, 0.29) is 5.91 Å². The van der Waals surface area contributed by atoms with Gasteiger partial charge in [0.15, 0.2) is 0 Å². The number of carbonyl (C=O) groups is 1. The SMILES string of the molecule is CC(C)c1cc(C(=O)NCc2ccccc2Cl)n[nH]1. The van der Waals surface area contributed by atoms with Crippen molar-refractivity contribution in [3.8, 4) is 0 Å². The third kappa shape index (κ3) is 3.35. The van der Waals surface area contributed by atoms with E-state index in [4.69, 9.17) is 11.6 Å². The molecule has 0 saturated heterocycles. The molecule has 2 aromatic rings. The molecule has 4 nitrogen and oxygen atoms in total. The van der Waals surface area contributed by atoms with Gasteiger partial charge in [-0.15, -0.1) is 0 Å². The number of carbonyl (C=O) groups excluding carboxylic acids is 1. The zero-order chi connectivity index (χ0) is 13.8. The molecule has 2 N–H and O–H groups in total. The van der Waals surface area contributed by atoms with Crippen molar-refractivity contribution >= 4 is 17.5 Å². The molecule has 1 heterocycles. The van der Waals surface area contributed by atoms with Crippen LogP contribution < -0.4 is 5.32 Å². The van der Waals surface area contributed by atoms with Crippen LogP contribution in [-0.2, 0) is 6.54 Å². The second kappa shape index (κ2) is 5.89. The number of H-pyrrole nitrogens is 1. The molecule has 0 aliphatic heterocycles. The van der Waals surface area contributed by atoms with Crippen LogP contribution in [0.5, 0.6) is 0 Å². The molecule has 5 heteroatoms. The van der Waals surface area contributed by atoms with E-state index >= 15 is 0 Å². The predicted octanol–water partition coefficient (Wildman–Crippen LogP) is 3.12. The van der Waals surface area contributed by atoms with E-state index in [1.165, 1.54) is 0 Å². The second-order valence-electron chi connectivity index (χ2n) is 4.64. The van der Waals surface area contributed by atoms with Crippen LogP contribution in [0.2, 0.25) is 5.02 Å². The minimum Gasteiger partial charge on any atom is -0.347 e. The van der Waals surface area contributed by atoms with Crippen LogP contribution in [0.3, 0.4) is 0 Å². The Labute approximate surface area is 117 Å². The highest BCUT2D eigenvalue weighted by molar-refractivity contribution is 6.31. The highest BCUT2D eigenvalue weighted by atomic mass is 35.5. The van der Waals surface area contributed by atoms with Gasteiger partial charge in [0.25, 0.3) is 5.91 Å². The number of rotatable bonds is 4. The van der Waals surface area contributed by atoms with Crippen molar-refractivity contribution in [2.75, 3.05) is 0 Å². The number of aromatic nitrogens is 2. The van der Waals surface area contributed by atoms with E-state index in [1.807, 2.05) is 32.0 Å². The van der Waals surface area contributed by atoms with E-state index in [2.05, 4.69) is 15.5 Å². The van der Waals surface area contributed by atoms with Gasteiger partial charge in [-0.25, -0.2) is 0 Å². The van der Waals surface area contributed by atoms with Gasteiger partial charge in [-0.1, -0.05) is 43.6 Å². The maximum Gasteiger partial charge on any atom is 0.272 e. The van der Waals surface area contributed by atoms with Crippen molar-refractivity contribution in [2.45, 2.75) is 26.3 Å². The number of aromatic amines is 1. The molecule has 0 aliphatic rings. The minimum atomic E-state index is -0.205. The fourth-order valence-corrected chi connectivity index (χ4v) is 1.86. The summed E-state index contributed by atoms with van der Waals surface area (Å²) in [5, 5.41) is 10.3. The molecule has 0 radical (unpaired) electrons. The largest absolute Gasteiger partial charge is 0.347 e. The summed E-state index contributed by atoms with van der Waals surface area (Å²) < 4.78 is 0. The summed E-state index contributed by atoms with van der Waals surface area (Å²) >= 11 is 6.03. The Morgan fingerprint density at radius 3 is 2.79 bits per heavy atom. The number of nitrogens with one attached hydrogen (secondary N) is 2. The highest BCUT2D eigenvalue weighted by Gasteiger charge is 2.12. The number of hydrogen-bond acceptors (Lipinski definition) is 2. The topological polar surface area (TPSA) is 57.8 Å². The number of amides is 1. The van der Waals surface area contributed by atoms with E-state index in [1.54, 1.807) is 12.1 Å². The fourth-order valence-electron chi connectivity index (χ4n) is 1.66. The van der Waals surface area contributed by atoms with Crippen molar-refractivity contribution in [3.63, 3.8) is 0 Å². The smallest absolute Gasteiger partial charge is 0.272 e. The summed E-state index contributed by atoms with van der Waals surface area (Å²) in [4.78, 5) is 11.9. The Bertz CT molecular complexity index is 578. The lowest BCUT2D eigenvalue weighted by Gasteiger charge is -2.05. The molecule has 1 amide bonds. The van der Waals surface area contributed by atoms with Gasteiger partial charge in [0.05, 0.1) is 0 Å². The molecule has 0 fully saturated rings. The first-order valence-electron chi connectivity index (χ1n) is 6.15. The van der Waals surface area contributed by atoms with Gasteiger partial charge in [-0.3, -0.25) is 9.89 Å². The molecule has 0 spiro atoms. The monoisotopic (exact) mass is 277 g/mol. The van der Waals surface area contributed by atoms with E-state index < -0.39 is 0 Å². The molecule has 19 heavy (non-hydrogen) atoms. The predicted molar refractivity (Wildman–Crippen MR) is 75.3 cm³/mol. The van der Waals surface area contributed by atoms with Crippen molar-refractivity contribution in [1.29, 1.82) is 0 Å². The Morgan fingerprint density at radius 1 is 1.42 bits per heavy atom. The van der Waals surface area contributed by atoms with Gasteiger partial charge in [-0.05, 0) is 23.6 Å². The van der Waals surface area contributed by atoms with Gasteiger partial charge in [-0.2, -0.15) is 5.10 Å². The molecule has 0 unspecified atom stereocenters. The highest BCUT2D eigenvalue weighted by Crippen LogP contribution is 2.15. The maximum absolute atomic E-state index is 11.9. The summed E-state index contributed by atoms with van der Waals surface area (Å²) in [6.45, 7) is 4.47. The Hall–Kier alpha value is -1.81. The average Bonchev–Trinajstić information content (AvgIpc) is 2.87.